The van der Waals surface area contributed by atoms with Gasteiger partial charge >= 0.3 is 0 Å². The number of aromatic amines is 1. The average molecular weight is 228 g/mol. The maximum absolute atomic E-state index is 11.7. The van der Waals surface area contributed by atoms with Crippen molar-refractivity contribution in [3.05, 3.63) is 63.8 Å². The van der Waals surface area contributed by atoms with Gasteiger partial charge in [0.2, 0.25) is 0 Å². The van der Waals surface area contributed by atoms with Gasteiger partial charge in [-0.05, 0) is 12.0 Å². The quantitative estimate of drug-likeness (QED) is 0.872. The van der Waals surface area contributed by atoms with Crippen molar-refractivity contribution in [3.8, 4) is 0 Å². The standard InChI is InChI=1S/C14H16N2O/c1-2-6-13-14(17)16-12(10-15-13)9-11-7-4-3-5-8-11/h3-5,7-8,10H,2,6,9H2,1H3,(H,16,17). The number of hydrogen-bond acceptors (Lipinski definition) is 2. The van der Waals surface area contributed by atoms with E-state index < -0.39 is 0 Å². The van der Waals surface area contributed by atoms with Crippen LogP contribution in [0.2, 0.25) is 0 Å². The van der Waals surface area contributed by atoms with E-state index in [0.29, 0.717) is 5.69 Å². The second-order valence-electron chi connectivity index (χ2n) is 4.10. The topological polar surface area (TPSA) is 45.8 Å². The van der Waals surface area contributed by atoms with Crippen LogP contribution in [0.15, 0.2) is 41.3 Å². The molecule has 0 aliphatic rings. The third-order valence-corrected chi connectivity index (χ3v) is 2.64. The maximum Gasteiger partial charge on any atom is 0.269 e. The predicted octanol–water partition coefficient (Wildman–Crippen LogP) is 2.31. The first kappa shape index (κ1) is 11.6. The summed E-state index contributed by atoms with van der Waals surface area (Å²) in [5.74, 6) is 0. The number of nitrogens with zero attached hydrogens (tertiary/aromatic N) is 1. The summed E-state index contributed by atoms with van der Waals surface area (Å²) in [6, 6.07) is 10.0. The molecule has 0 atom stereocenters. The first-order valence-electron chi connectivity index (χ1n) is 5.90. The van der Waals surface area contributed by atoms with E-state index in [-0.39, 0.29) is 5.56 Å². The van der Waals surface area contributed by atoms with Crippen molar-refractivity contribution < 1.29 is 0 Å². The maximum atomic E-state index is 11.7. The smallest absolute Gasteiger partial charge is 0.269 e. The fraction of sp³-hybridized carbons (Fsp3) is 0.286. The Morgan fingerprint density at radius 2 is 2.00 bits per heavy atom. The van der Waals surface area contributed by atoms with E-state index in [0.717, 1.165) is 25.0 Å². The highest BCUT2D eigenvalue weighted by Gasteiger charge is 2.02. The molecule has 0 aliphatic carbocycles. The van der Waals surface area contributed by atoms with Gasteiger partial charge in [0.05, 0.1) is 0 Å². The van der Waals surface area contributed by atoms with Crippen LogP contribution in [0.3, 0.4) is 0 Å². The zero-order chi connectivity index (χ0) is 12.1. The third kappa shape index (κ3) is 3.03. The molecule has 0 amide bonds. The molecule has 1 aromatic carbocycles. The van der Waals surface area contributed by atoms with Crippen molar-refractivity contribution in [2.75, 3.05) is 0 Å². The highest BCUT2D eigenvalue weighted by molar-refractivity contribution is 5.20. The predicted molar refractivity (Wildman–Crippen MR) is 68.1 cm³/mol. The van der Waals surface area contributed by atoms with Gasteiger partial charge < -0.3 is 4.98 Å². The highest BCUT2D eigenvalue weighted by Crippen LogP contribution is 2.05. The molecule has 0 fully saturated rings. The summed E-state index contributed by atoms with van der Waals surface area (Å²) in [5, 5.41) is 0. The van der Waals surface area contributed by atoms with E-state index in [1.807, 2.05) is 37.3 Å². The number of hydrogen-bond donors (Lipinski definition) is 1. The van der Waals surface area contributed by atoms with Crippen molar-refractivity contribution in [3.63, 3.8) is 0 Å². The van der Waals surface area contributed by atoms with Crippen LogP contribution in [0.5, 0.6) is 0 Å². The molecule has 0 bridgehead atoms. The molecular formula is C14H16N2O. The van der Waals surface area contributed by atoms with E-state index in [1.165, 1.54) is 5.56 Å². The monoisotopic (exact) mass is 228 g/mol. The Kier molecular flexibility index (Phi) is 3.70. The van der Waals surface area contributed by atoms with Gasteiger partial charge in [-0.15, -0.1) is 0 Å². The largest absolute Gasteiger partial charge is 0.323 e. The van der Waals surface area contributed by atoms with Crippen molar-refractivity contribution in [1.29, 1.82) is 0 Å². The van der Waals surface area contributed by atoms with Crippen LogP contribution in [0, 0.1) is 0 Å². The lowest BCUT2D eigenvalue weighted by atomic mass is 10.1. The minimum absolute atomic E-state index is 0.0553. The Hall–Kier alpha value is -1.90. The van der Waals surface area contributed by atoms with Gasteiger partial charge in [0.25, 0.3) is 5.56 Å². The first-order valence-corrected chi connectivity index (χ1v) is 5.90. The summed E-state index contributed by atoms with van der Waals surface area (Å²) in [6.45, 7) is 2.04. The molecule has 3 nitrogen and oxygen atoms in total. The van der Waals surface area contributed by atoms with Crippen molar-refractivity contribution in [2.45, 2.75) is 26.2 Å². The summed E-state index contributed by atoms with van der Waals surface area (Å²) < 4.78 is 0. The number of aromatic nitrogens is 2. The lowest BCUT2D eigenvalue weighted by molar-refractivity contribution is 0.839. The van der Waals surface area contributed by atoms with Gasteiger partial charge in [-0.1, -0.05) is 43.7 Å². The third-order valence-electron chi connectivity index (χ3n) is 2.64. The number of H-pyrrole nitrogens is 1. The van der Waals surface area contributed by atoms with Crippen LogP contribution in [-0.2, 0) is 12.8 Å². The van der Waals surface area contributed by atoms with Gasteiger partial charge in [-0.2, -0.15) is 0 Å². The molecule has 1 N–H and O–H groups in total. The van der Waals surface area contributed by atoms with E-state index in [4.69, 9.17) is 0 Å². The molecule has 2 aromatic rings. The van der Waals surface area contributed by atoms with Crippen molar-refractivity contribution in [1.82, 2.24) is 9.97 Å². The summed E-state index contributed by atoms with van der Waals surface area (Å²) in [4.78, 5) is 18.8. The fourth-order valence-corrected chi connectivity index (χ4v) is 1.79. The number of rotatable bonds is 4. The minimum Gasteiger partial charge on any atom is -0.323 e. The van der Waals surface area contributed by atoms with Gasteiger partial charge in [0, 0.05) is 18.3 Å². The molecule has 2 rings (SSSR count). The van der Waals surface area contributed by atoms with Gasteiger partial charge in [-0.3, -0.25) is 9.78 Å². The Balaban J connectivity index is 2.18. The zero-order valence-electron chi connectivity index (χ0n) is 9.94. The SMILES string of the molecule is CCCc1ncc(Cc2ccccc2)[nH]c1=O. The van der Waals surface area contributed by atoms with E-state index in [9.17, 15) is 4.79 Å². The molecule has 0 spiro atoms. The molecule has 1 aromatic heterocycles. The minimum atomic E-state index is -0.0553. The van der Waals surface area contributed by atoms with Crippen LogP contribution in [-0.4, -0.2) is 9.97 Å². The number of aryl methyl sites for hydroxylation is 1. The normalized spacial score (nSPS) is 10.4. The number of benzene rings is 1. The van der Waals surface area contributed by atoms with Crippen LogP contribution in [0.1, 0.15) is 30.3 Å². The summed E-state index contributed by atoms with van der Waals surface area (Å²) in [7, 11) is 0. The Morgan fingerprint density at radius 3 is 2.65 bits per heavy atom. The molecule has 1 heterocycles. The molecule has 0 saturated carbocycles. The molecule has 0 aliphatic heterocycles. The molecule has 3 heteroatoms. The summed E-state index contributed by atoms with van der Waals surface area (Å²) in [6.07, 6.45) is 4.16. The van der Waals surface area contributed by atoms with E-state index >= 15 is 0 Å². The Bertz CT molecular complexity index is 531. The lowest BCUT2D eigenvalue weighted by Crippen LogP contribution is -2.16. The van der Waals surface area contributed by atoms with E-state index in [2.05, 4.69) is 9.97 Å². The molecule has 0 saturated heterocycles. The van der Waals surface area contributed by atoms with Gasteiger partial charge in [0.1, 0.15) is 5.69 Å². The highest BCUT2D eigenvalue weighted by atomic mass is 16.1. The molecule has 17 heavy (non-hydrogen) atoms. The molecule has 0 unspecified atom stereocenters. The Morgan fingerprint density at radius 1 is 1.24 bits per heavy atom. The zero-order valence-corrected chi connectivity index (χ0v) is 9.94. The average Bonchev–Trinajstić information content (AvgIpc) is 2.34. The number of nitrogens with one attached hydrogen (secondary N) is 1. The van der Waals surface area contributed by atoms with Crippen molar-refractivity contribution >= 4 is 0 Å². The molecule has 88 valence electrons. The van der Waals surface area contributed by atoms with E-state index in [1.54, 1.807) is 6.20 Å². The molecular weight excluding hydrogens is 212 g/mol. The second-order valence-corrected chi connectivity index (χ2v) is 4.10. The van der Waals surface area contributed by atoms with Crippen LogP contribution in [0.25, 0.3) is 0 Å². The van der Waals surface area contributed by atoms with Crippen LogP contribution < -0.4 is 5.56 Å². The second kappa shape index (κ2) is 5.43. The van der Waals surface area contributed by atoms with Gasteiger partial charge in [0.15, 0.2) is 0 Å². The lowest BCUT2D eigenvalue weighted by Gasteiger charge is -2.02. The van der Waals surface area contributed by atoms with Gasteiger partial charge in [-0.25, -0.2) is 0 Å². The summed E-state index contributed by atoms with van der Waals surface area (Å²) in [5.41, 5.74) is 2.61. The summed E-state index contributed by atoms with van der Waals surface area (Å²) >= 11 is 0. The Labute approximate surface area is 101 Å². The van der Waals surface area contributed by atoms with Crippen molar-refractivity contribution in [2.24, 2.45) is 0 Å². The van der Waals surface area contributed by atoms with Crippen LogP contribution in [0.4, 0.5) is 0 Å². The fourth-order valence-electron chi connectivity index (χ4n) is 1.79. The van der Waals surface area contributed by atoms with Crippen LogP contribution >= 0.6 is 0 Å². The first-order chi connectivity index (χ1) is 8.29. The molecule has 0 radical (unpaired) electrons.